The van der Waals surface area contributed by atoms with Crippen molar-refractivity contribution < 1.29 is 14.3 Å². The minimum atomic E-state index is -0.214. The molecule has 3 aromatic rings. The predicted molar refractivity (Wildman–Crippen MR) is 122 cm³/mol. The molecule has 1 heterocycles. The molecule has 9 nitrogen and oxygen atoms in total. The van der Waals surface area contributed by atoms with E-state index < -0.39 is 0 Å². The van der Waals surface area contributed by atoms with E-state index in [0.717, 1.165) is 37.3 Å². The van der Waals surface area contributed by atoms with Crippen LogP contribution in [0.15, 0.2) is 48.5 Å². The lowest BCUT2D eigenvalue weighted by atomic mass is 9.87. The molecule has 1 saturated carbocycles. The second-order valence-electron chi connectivity index (χ2n) is 7.92. The first kappa shape index (κ1) is 22.7. The molecule has 0 spiro atoms. The zero-order valence-corrected chi connectivity index (χ0v) is 18.7. The second-order valence-corrected chi connectivity index (χ2v) is 8.36. The molecule has 0 bridgehead atoms. The number of nitrogens with one attached hydrogen (secondary N) is 3. The fraction of sp³-hybridized carbons (Fsp3) is 0.348. The minimum absolute atomic E-state index is 0.140. The van der Waals surface area contributed by atoms with Gasteiger partial charge in [-0.05, 0) is 84.6 Å². The van der Waals surface area contributed by atoms with Gasteiger partial charge in [0, 0.05) is 35.2 Å². The van der Waals surface area contributed by atoms with E-state index in [4.69, 9.17) is 16.3 Å². The van der Waals surface area contributed by atoms with Crippen molar-refractivity contribution in [1.82, 2.24) is 31.3 Å². The highest BCUT2D eigenvalue weighted by molar-refractivity contribution is 6.30. The summed E-state index contributed by atoms with van der Waals surface area (Å²) in [6.45, 7) is 0.640. The Kier molecular flexibility index (Phi) is 7.51. The Morgan fingerprint density at radius 1 is 0.909 bits per heavy atom. The fourth-order valence-corrected chi connectivity index (χ4v) is 3.95. The Balaban J connectivity index is 1.17. The summed E-state index contributed by atoms with van der Waals surface area (Å²) >= 11 is 5.82. The maximum atomic E-state index is 12.3. The zero-order chi connectivity index (χ0) is 23.0. The van der Waals surface area contributed by atoms with Crippen LogP contribution >= 0.6 is 11.6 Å². The summed E-state index contributed by atoms with van der Waals surface area (Å²) in [5.41, 5.74) is 1.05. The molecule has 1 fully saturated rings. The number of aromatic nitrogens is 4. The molecule has 2 aromatic carbocycles. The first-order valence-electron chi connectivity index (χ1n) is 10.9. The molecule has 10 heteroatoms. The molecule has 0 saturated heterocycles. The molecule has 2 amide bonds. The van der Waals surface area contributed by atoms with E-state index in [9.17, 15) is 9.59 Å². The number of aromatic amines is 1. The van der Waals surface area contributed by atoms with Crippen LogP contribution in [0.5, 0.6) is 5.75 Å². The van der Waals surface area contributed by atoms with E-state index in [0.29, 0.717) is 35.2 Å². The van der Waals surface area contributed by atoms with E-state index in [-0.39, 0.29) is 17.9 Å². The van der Waals surface area contributed by atoms with E-state index in [1.807, 2.05) is 12.1 Å². The van der Waals surface area contributed by atoms with Crippen LogP contribution in [0.2, 0.25) is 5.02 Å². The molecule has 3 N–H and O–H groups in total. The summed E-state index contributed by atoms with van der Waals surface area (Å²) in [7, 11) is 0. The summed E-state index contributed by atoms with van der Waals surface area (Å²) in [6.07, 6.45) is 3.93. The molecular weight excluding hydrogens is 444 g/mol. The van der Waals surface area contributed by atoms with Gasteiger partial charge in [0.1, 0.15) is 5.75 Å². The van der Waals surface area contributed by atoms with Gasteiger partial charge in [-0.25, -0.2) is 5.10 Å². The van der Waals surface area contributed by atoms with Crippen LogP contribution in [0.4, 0.5) is 0 Å². The first-order chi connectivity index (χ1) is 16.1. The Bertz CT molecular complexity index is 1050. The Morgan fingerprint density at radius 2 is 1.48 bits per heavy atom. The molecule has 0 atom stereocenters. The molecular formula is C23H25ClN6O3. The normalized spacial score (nSPS) is 17.8. The number of tetrazole rings is 1. The smallest absolute Gasteiger partial charge is 0.251 e. The number of hydrogen-bond acceptors (Lipinski definition) is 6. The fourth-order valence-electron chi connectivity index (χ4n) is 3.83. The number of amides is 2. The standard InChI is InChI=1S/C23H25ClN6O3/c24-18-7-1-16(2-8-18)22(31)25-13-14-26-23(32)17-5-11-20(12-6-17)33-19-9-3-15(4-10-19)21-27-29-30-28-21/h1-2,5-8,11-12,15,19H,3-4,9-10,13-14H2,(H,25,31)(H,26,32)(H,27,28,29,30). The zero-order valence-electron chi connectivity index (χ0n) is 18.0. The number of H-pyrrole nitrogens is 1. The number of carbonyl (C=O) groups is 2. The van der Waals surface area contributed by atoms with Gasteiger partial charge in [0.25, 0.3) is 11.8 Å². The van der Waals surface area contributed by atoms with E-state index in [1.54, 1.807) is 36.4 Å². The maximum absolute atomic E-state index is 12.3. The molecule has 0 radical (unpaired) electrons. The van der Waals surface area contributed by atoms with E-state index in [2.05, 4.69) is 31.3 Å². The highest BCUT2D eigenvalue weighted by Crippen LogP contribution is 2.32. The number of ether oxygens (including phenoxy) is 1. The average molecular weight is 469 g/mol. The van der Waals surface area contributed by atoms with Gasteiger partial charge in [-0.1, -0.05) is 11.6 Å². The van der Waals surface area contributed by atoms with Gasteiger partial charge < -0.3 is 15.4 Å². The van der Waals surface area contributed by atoms with Gasteiger partial charge in [0.05, 0.1) is 6.10 Å². The van der Waals surface area contributed by atoms with Crippen LogP contribution in [0.3, 0.4) is 0 Å². The number of carbonyl (C=O) groups excluding carboxylic acids is 2. The summed E-state index contributed by atoms with van der Waals surface area (Å²) in [4.78, 5) is 24.4. The van der Waals surface area contributed by atoms with Gasteiger partial charge in [0.2, 0.25) is 0 Å². The Morgan fingerprint density at radius 3 is 2.03 bits per heavy atom. The third-order valence-corrected chi connectivity index (χ3v) is 5.90. The molecule has 4 rings (SSSR count). The first-order valence-corrected chi connectivity index (χ1v) is 11.3. The monoisotopic (exact) mass is 468 g/mol. The number of halogens is 1. The van der Waals surface area contributed by atoms with Crippen LogP contribution in [0, 0.1) is 0 Å². The lowest BCUT2D eigenvalue weighted by Gasteiger charge is -2.27. The van der Waals surface area contributed by atoms with Crippen LogP contribution in [-0.2, 0) is 0 Å². The second kappa shape index (κ2) is 10.9. The summed E-state index contributed by atoms with van der Waals surface area (Å²) < 4.78 is 6.08. The summed E-state index contributed by atoms with van der Waals surface area (Å²) in [5, 5.41) is 20.3. The molecule has 0 aliphatic heterocycles. The van der Waals surface area contributed by atoms with Crippen LogP contribution in [0.25, 0.3) is 0 Å². The van der Waals surface area contributed by atoms with Crippen LogP contribution < -0.4 is 15.4 Å². The van der Waals surface area contributed by atoms with Crippen molar-refractivity contribution >= 4 is 23.4 Å². The van der Waals surface area contributed by atoms with Crippen LogP contribution in [-0.4, -0.2) is 51.6 Å². The van der Waals surface area contributed by atoms with Crippen molar-refractivity contribution in [2.75, 3.05) is 13.1 Å². The predicted octanol–water partition coefficient (Wildman–Crippen LogP) is 3.12. The van der Waals surface area contributed by atoms with Gasteiger partial charge in [-0.2, -0.15) is 0 Å². The summed E-state index contributed by atoms with van der Waals surface area (Å²) in [6, 6.07) is 13.7. The Labute approximate surface area is 196 Å². The number of rotatable bonds is 8. The van der Waals surface area contributed by atoms with Crippen molar-refractivity contribution in [2.45, 2.75) is 37.7 Å². The largest absolute Gasteiger partial charge is 0.490 e. The number of benzene rings is 2. The molecule has 0 unspecified atom stereocenters. The lowest BCUT2D eigenvalue weighted by Crippen LogP contribution is -2.34. The van der Waals surface area contributed by atoms with Crippen molar-refractivity contribution in [3.8, 4) is 5.75 Å². The van der Waals surface area contributed by atoms with Gasteiger partial charge >= 0.3 is 0 Å². The molecule has 1 aromatic heterocycles. The molecule has 172 valence electrons. The SMILES string of the molecule is O=C(NCCNC(=O)c1ccc(OC2CCC(c3nnn[nH]3)CC2)cc1)c1ccc(Cl)cc1. The minimum Gasteiger partial charge on any atom is -0.490 e. The Hall–Kier alpha value is -3.46. The van der Waals surface area contributed by atoms with Gasteiger partial charge in [-0.3, -0.25) is 9.59 Å². The highest BCUT2D eigenvalue weighted by atomic mass is 35.5. The number of nitrogens with zero attached hydrogens (tertiary/aromatic N) is 3. The summed E-state index contributed by atoms with van der Waals surface area (Å²) in [5.74, 6) is 1.51. The van der Waals surface area contributed by atoms with Gasteiger partial charge in [-0.15, -0.1) is 5.10 Å². The van der Waals surface area contributed by atoms with Crippen molar-refractivity contribution in [3.05, 3.63) is 70.5 Å². The van der Waals surface area contributed by atoms with Crippen LogP contribution in [0.1, 0.15) is 58.1 Å². The number of hydrogen-bond donors (Lipinski definition) is 3. The van der Waals surface area contributed by atoms with Crippen molar-refractivity contribution in [2.24, 2.45) is 0 Å². The van der Waals surface area contributed by atoms with Crippen molar-refractivity contribution in [1.29, 1.82) is 0 Å². The van der Waals surface area contributed by atoms with Crippen molar-refractivity contribution in [3.63, 3.8) is 0 Å². The molecule has 33 heavy (non-hydrogen) atoms. The maximum Gasteiger partial charge on any atom is 0.251 e. The lowest BCUT2D eigenvalue weighted by molar-refractivity contribution is 0.0927. The van der Waals surface area contributed by atoms with E-state index >= 15 is 0 Å². The quantitative estimate of drug-likeness (QED) is 0.436. The molecule has 1 aliphatic carbocycles. The van der Waals surface area contributed by atoms with Gasteiger partial charge in [0.15, 0.2) is 5.82 Å². The topological polar surface area (TPSA) is 122 Å². The van der Waals surface area contributed by atoms with E-state index in [1.165, 1.54) is 0 Å². The highest BCUT2D eigenvalue weighted by Gasteiger charge is 2.25. The average Bonchev–Trinajstić information content (AvgIpc) is 3.38. The third kappa shape index (κ3) is 6.29. The third-order valence-electron chi connectivity index (χ3n) is 5.64. The molecule has 1 aliphatic rings.